The highest BCUT2D eigenvalue weighted by Gasteiger charge is 1.95. The molecule has 0 amide bonds. The summed E-state index contributed by atoms with van der Waals surface area (Å²) in [5, 5.41) is 14.4. The lowest BCUT2D eigenvalue weighted by molar-refractivity contribution is -0.671. The fourth-order valence-electron chi connectivity index (χ4n) is 0.743. The van der Waals surface area contributed by atoms with Crippen LogP contribution in [-0.4, -0.2) is 17.4 Å². The van der Waals surface area contributed by atoms with Crippen LogP contribution < -0.4 is 9.67 Å². The lowest BCUT2D eigenvalue weighted by atomic mass is 10.9. The molecule has 66 valence electrons. The van der Waals surface area contributed by atoms with E-state index < -0.39 is 6.08 Å². The van der Waals surface area contributed by atoms with Crippen LogP contribution in [0.2, 0.25) is 0 Å². The lowest BCUT2D eigenvalue weighted by Gasteiger charge is -2.07. The number of imidazole rings is 1. The summed E-state index contributed by atoms with van der Waals surface area (Å²) in [6, 6.07) is 0. The van der Waals surface area contributed by atoms with Gasteiger partial charge in [0, 0.05) is 0 Å². The molecular weight excluding hydrogens is 158 g/mol. The van der Waals surface area contributed by atoms with Crippen LogP contribution in [0.25, 0.3) is 0 Å². The summed E-state index contributed by atoms with van der Waals surface area (Å²) in [6.07, 6.45) is 4.53. The van der Waals surface area contributed by atoms with E-state index in [4.69, 9.17) is 0 Å². The molecule has 1 rings (SSSR count). The van der Waals surface area contributed by atoms with Crippen molar-refractivity contribution in [2.24, 2.45) is 12.1 Å². The molecule has 0 spiro atoms. The van der Waals surface area contributed by atoms with Crippen LogP contribution in [0.1, 0.15) is 6.92 Å². The molecule has 5 heteroatoms. The van der Waals surface area contributed by atoms with Crippen LogP contribution >= 0.6 is 0 Å². The van der Waals surface area contributed by atoms with Gasteiger partial charge >= 0.3 is 0 Å². The fraction of sp³-hybridized carbons (Fsp3) is 0.429. The minimum atomic E-state index is -0.575. The number of hydrogen-bond acceptors (Lipinski definition) is 3. The minimum Gasteiger partial charge on any atom is -0.598 e. The lowest BCUT2D eigenvalue weighted by Crippen LogP contribution is -2.25. The van der Waals surface area contributed by atoms with Gasteiger partial charge in [0.2, 0.25) is 0 Å². The van der Waals surface area contributed by atoms with Gasteiger partial charge < -0.3 is 9.84 Å². The van der Waals surface area contributed by atoms with Crippen molar-refractivity contribution >= 4 is 6.08 Å². The number of hydrogen-bond donors (Lipinski definition) is 0. The molecule has 1 aromatic heterocycles. The summed E-state index contributed by atoms with van der Waals surface area (Å²) in [5.41, 5.74) is 0. The second kappa shape index (κ2) is 3.75. The van der Waals surface area contributed by atoms with Gasteiger partial charge in [0.15, 0.2) is 12.3 Å². The van der Waals surface area contributed by atoms with Gasteiger partial charge in [0.25, 0.3) is 6.33 Å². The number of ether oxygens (including phenoxy) is 1. The molecule has 1 aromatic rings. The van der Waals surface area contributed by atoms with E-state index in [1.807, 2.05) is 7.05 Å². The van der Waals surface area contributed by atoms with Gasteiger partial charge in [-0.1, -0.05) is 12.0 Å². The van der Waals surface area contributed by atoms with Crippen molar-refractivity contribution in [3.8, 4) is 0 Å². The molecule has 0 fully saturated rings. The third-order valence-corrected chi connectivity index (χ3v) is 1.22. The normalized spacial score (nSPS) is 11.7. The van der Waals surface area contributed by atoms with Crippen molar-refractivity contribution in [2.75, 3.05) is 6.61 Å². The van der Waals surface area contributed by atoms with Crippen molar-refractivity contribution in [1.29, 1.82) is 0 Å². The Morgan fingerprint density at radius 1 is 1.75 bits per heavy atom. The first-order valence-corrected chi connectivity index (χ1v) is 3.64. The van der Waals surface area contributed by atoms with Crippen LogP contribution in [0.5, 0.6) is 0 Å². The highest BCUT2D eigenvalue weighted by atomic mass is 16.6. The van der Waals surface area contributed by atoms with Crippen molar-refractivity contribution in [2.45, 2.75) is 6.92 Å². The van der Waals surface area contributed by atoms with E-state index in [2.05, 4.69) is 9.84 Å². The van der Waals surface area contributed by atoms with E-state index in [0.717, 1.165) is 0 Å². The van der Waals surface area contributed by atoms with Crippen molar-refractivity contribution in [3.05, 3.63) is 18.7 Å². The molecule has 0 aromatic carbocycles. The van der Waals surface area contributed by atoms with Gasteiger partial charge in [-0.3, -0.25) is 0 Å². The smallest absolute Gasteiger partial charge is 0.269 e. The van der Waals surface area contributed by atoms with Crippen molar-refractivity contribution in [3.63, 3.8) is 0 Å². The third-order valence-electron chi connectivity index (χ3n) is 1.22. The first-order valence-electron chi connectivity index (χ1n) is 3.64. The molecule has 0 bridgehead atoms. The van der Waals surface area contributed by atoms with E-state index in [9.17, 15) is 5.11 Å². The number of rotatable bonds is 2. The Bertz CT molecular complexity index is 280. The van der Waals surface area contributed by atoms with Crippen molar-refractivity contribution < 1.29 is 14.4 Å². The molecule has 0 N–H and O–H groups in total. The Morgan fingerprint density at radius 2 is 2.50 bits per heavy atom. The van der Waals surface area contributed by atoms with Gasteiger partial charge in [0.05, 0.1) is 7.05 Å². The van der Waals surface area contributed by atoms with Crippen molar-refractivity contribution in [1.82, 2.24) is 4.68 Å². The number of aryl methyl sites for hydroxylation is 1. The molecule has 0 saturated carbocycles. The van der Waals surface area contributed by atoms with Crippen LogP contribution in [0.15, 0.2) is 23.8 Å². The zero-order chi connectivity index (χ0) is 8.97. The fourth-order valence-corrected chi connectivity index (χ4v) is 0.743. The minimum absolute atomic E-state index is 0.343. The first-order chi connectivity index (χ1) is 5.72. The summed E-state index contributed by atoms with van der Waals surface area (Å²) in [5.74, 6) is 0. The van der Waals surface area contributed by atoms with Gasteiger partial charge in [-0.05, 0) is 6.61 Å². The standard InChI is InChI=1S/C7H11N3O2/c1-3-12-7(11)8-10-5-4-9(2)6-10/h4-6H,3H2,1-2H3. The molecule has 0 aliphatic heterocycles. The van der Waals surface area contributed by atoms with Crippen LogP contribution in [0, 0.1) is 0 Å². The van der Waals surface area contributed by atoms with E-state index in [1.165, 1.54) is 4.68 Å². The number of nitrogens with zero attached hydrogens (tertiary/aromatic N) is 3. The Hall–Kier alpha value is -1.52. The highest BCUT2D eigenvalue weighted by Crippen LogP contribution is 1.82. The average molecular weight is 169 g/mol. The number of aromatic nitrogens is 2. The van der Waals surface area contributed by atoms with E-state index in [0.29, 0.717) is 6.61 Å². The maximum absolute atomic E-state index is 10.8. The van der Waals surface area contributed by atoms with Crippen LogP contribution in [0.4, 0.5) is 0 Å². The molecule has 0 radical (unpaired) electrons. The highest BCUT2D eigenvalue weighted by molar-refractivity contribution is 5.61. The van der Waals surface area contributed by atoms with E-state index in [1.54, 1.807) is 30.2 Å². The molecule has 0 aliphatic carbocycles. The average Bonchev–Trinajstić information content (AvgIpc) is 2.36. The first kappa shape index (κ1) is 8.58. The van der Waals surface area contributed by atoms with Gasteiger partial charge in [0.1, 0.15) is 6.20 Å². The summed E-state index contributed by atoms with van der Waals surface area (Å²) < 4.78 is 7.80. The van der Waals surface area contributed by atoms with E-state index >= 15 is 0 Å². The van der Waals surface area contributed by atoms with Crippen LogP contribution in [0.3, 0.4) is 0 Å². The molecule has 1 heterocycles. The molecule has 5 nitrogen and oxygen atoms in total. The summed E-state index contributed by atoms with van der Waals surface area (Å²) in [4.78, 5) is 0. The Balaban J connectivity index is 2.67. The predicted molar refractivity (Wildman–Crippen MR) is 40.1 cm³/mol. The largest absolute Gasteiger partial charge is 0.598 e. The Morgan fingerprint density at radius 3 is 3.00 bits per heavy atom. The Kier molecular flexibility index (Phi) is 2.68. The third kappa shape index (κ3) is 2.26. The molecule has 0 unspecified atom stereocenters. The molecular formula is C7H11N3O2. The quantitative estimate of drug-likeness (QED) is 0.318. The second-order valence-corrected chi connectivity index (χ2v) is 2.26. The summed E-state index contributed by atoms with van der Waals surface area (Å²) >= 11 is 0. The Labute approximate surface area is 70.5 Å². The topological polar surface area (TPSA) is 53.5 Å². The van der Waals surface area contributed by atoms with Gasteiger partial charge in [-0.15, -0.1) is 4.68 Å². The van der Waals surface area contributed by atoms with Crippen LogP contribution in [-0.2, 0) is 11.8 Å². The molecule has 0 atom stereocenters. The van der Waals surface area contributed by atoms with Gasteiger partial charge in [-0.25, -0.2) is 4.57 Å². The molecule has 0 saturated heterocycles. The monoisotopic (exact) mass is 169 g/mol. The van der Waals surface area contributed by atoms with Gasteiger partial charge in [-0.2, -0.15) is 0 Å². The SMILES string of the molecule is CCO/C([O-])=N\n1cc[n+](C)c1. The maximum Gasteiger partial charge on any atom is 0.269 e. The molecule has 12 heavy (non-hydrogen) atoms. The summed E-state index contributed by atoms with van der Waals surface area (Å²) in [6.45, 7) is 2.08. The molecule has 0 aliphatic rings. The predicted octanol–water partition coefficient (Wildman–Crippen LogP) is -1.17. The zero-order valence-electron chi connectivity index (χ0n) is 7.10. The maximum atomic E-state index is 10.8. The van der Waals surface area contributed by atoms with E-state index in [-0.39, 0.29) is 0 Å². The second-order valence-electron chi connectivity index (χ2n) is 2.26. The summed E-state index contributed by atoms with van der Waals surface area (Å²) in [7, 11) is 1.84. The zero-order valence-corrected chi connectivity index (χ0v) is 7.10.